The molecule has 1 heterocycles. The van der Waals surface area contributed by atoms with Gasteiger partial charge in [-0.1, -0.05) is 11.6 Å². The highest BCUT2D eigenvalue weighted by atomic mass is 35.5. The smallest absolute Gasteiger partial charge is 0.0591 e. The molecule has 1 saturated heterocycles. The van der Waals surface area contributed by atoms with Crippen LogP contribution in [0.25, 0.3) is 0 Å². The summed E-state index contributed by atoms with van der Waals surface area (Å²) in [5.41, 5.74) is 8.15. The Labute approximate surface area is 157 Å². The van der Waals surface area contributed by atoms with Crippen LogP contribution in [0.2, 0.25) is 5.02 Å². The van der Waals surface area contributed by atoms with Gasteiger partial charge in [0.05, 0.1) is 17.5 Å². The van der Waals surface area contributed by atoms with Crippen LogP contribution in [0, 0.1) is 0 Å². The Morgan fingerprint density at radius 1 is 1.24 bits per heavy atom. The van der Waals surface area contributed by atoms with Crippen molar-refractivity contribution in [1.29, 1.82) is 0 Å². The second-order valence-corrected chi connectivity index (χ2v) is 8.23. The monoisotopic (exact) mass is 365 g/mol. The Bertz CT molecular complexity index is 564. The van der Waals surface area contributed by atoms with E-state index in [0.29, 0.717) is 17.7 Å². The number of likely N-dealkylation sites (tertiary alicyclic amines) is 1. The van der Waals surface area contributed by atoms with Crippen molar-refractivity contribution >= 4 is 23.0 Å². The molecule has 0 unspecified atom stereocenters. The average molecular weight is 366 g/mol. The number of nitrogen functional groups attached to an aromatic ring is 1. The number of ether oxygens (including phenoxy) is 1. The Morgan fingerprint density at radius 3 is 2.56 bits per heavy atom. The fourth-order valence-electron chi connectivity index (χ4n) is 4.37. The maximum atomic E-state index is 6.10. The molecular formula is C20H32ClN3O. The topological polar surface area (TPSA) is 50.5 Å². The van der Waals surface area contributed by atoms with Crippen molar-refractivity contribution in [3.63, 3.8) is 0 Å². The van der Waals surface area contributed by atoms with Crippen LogP contribution in [0.1, 0.15) is 52.4 Å². The quantitative estimate of drug-likeness (QED) is 0.752. The van der Waals surface area contributed by atoms with Crippen LogP contribution in [-0.4, -0.2) is 42.3 Å². The number of anilines is 2. The zero-order chi connectivity index (χ0) is 17.9. The van der Waals surface area contributed by atoms with E-state index in [0.717, 1.165) is 48.9 Å². The van der Waals surface area contributed by atoms with E-state index in [4.69, 9.17) is 22.1 Å². The maximum Gasteiger partial charge on any atom is 0.0591 e. The fourth-order valence-corrected chi connectivity index (χ4v) is 4.54. The molecule has 1 aliphatic heterocycles. The summed E-state index contributed by atoms with van der Waals surface area (Å²) in [6.45, 7) is 7.67. The Morgan fingerprint density at radius 2 is 1.92 bits per heavy atom. The summed E-state index contributed by atoms with van der Waals surface area (Å²) < 4.78 is 5.82. The summed E-state index contributed by atoms with van der Waals surface area (Å²) in [5.74, 6) is 0. The van der Waals surface area contributed by atoms with Gasteiger partial charge in [0.1, 0.15) is 0 Å². The van der Waals surface area contributed by atoms with Gasteiger partial charge in [0, 0.05) is 36.3 Å². The second kappa shape index (κ2) is 8.15. The molecule has 4 nitrogen and oxygen atoms in total. The number of nitrogens with two attached hydrogens (primary N) is 1. The van der Waals surface area contributed by atoms with Crippen molar-refractivity contribution in [3.8, 4) is 0 Å². The Kier molecular flexibility index (Phi) is 6.13. The number of halogens is 1. The second-order valence-electron chi connectivity index (χ2n) is 7.79. The van der Waals surface area contributed by atoms with Crippen LogP contribution in [-0.2, 0) is 4.74 Å². The SMILES string of the molecule is CCO[C@H]1CC[C@](C)(N2CCC(Nc3cc(Cl)ccc3N)CC2)CC1. The van der Waals surface area contributed by atoms with Crippen molar-refractivity contribution in [2.75, 3.05) is 30.7 Å². The fraction of sp³-hybridized carbons (Fsp3) is 0.700. The van der Waals surface area contributed by atoms with E-state index in [-0.39, 0.29) is 0 Å². The van der Waals surface area contributed by atoms with E-state index in [1.807, 2.05) is 18.2 Å². The molecule has 140 valence electrons. The lowest BCUT2D eigenvalue weighted by atomic mass is 9.79. The van der Waals surface area contributed by atoms with Crippen LogP contribution < -0.4 is 11.1 Å². The molecular weight excluding hydrogens is 334 g/mol. The summed E-state index contributed by atoms with van der Waals surface area (Å²) in [4.78, 5) is 2.70. The van der Waals surface area contributed by atoms with Crippen LogP contribution in [0.15, 0.2) is 18.2 Å². The predicted molar refractivity (Wildman–Crippen MR) is 106 cm³/mol. The predicted octanol–water partition coefficient (Wildman–Crippen LogP) is 4.54. The molecule has 0 spiro atoms. The highest BCUT2D eigenvalue weighted by Gasteiger charge is 2.38. The van der Waals surface area contributed by atoms with Gasteiger partial charge in [-0.2, -0.15) is 0 Å². The van der Waals surface area contributed by atoms with Crippen LogP contribution >= 0.6 is 11.6 Å². The minimum atomic E-state index is 0.341. The normalized spacial score (nSPS) is 28.8. The van der Waals surface area contributed by atoms with Gasteiger partial charge >= 0.3 is 0 Å². The molecule has 2 aliphatic rings. The number of nitrogens with zero attached hydrogens (tertiary/aromatic N) is 1. The van der Waals surface area contributed by atoms with Crippen molar-refractivity contribution < 1.29 is 4.74 Å². The Balaban J connectivity index is 1.51. The number of benzene rings is 1. The zero-order valence-electron chi connectivity index (χ0n) is 15.6. The molecule has 2 fully saturated rings. The van der Waals surface area contributed by atoms with Gasteiger partial charge < -0.3 is 15.8 Å². The van der Waals surface area contributed by atoms with E-state index >= 15 is 0 Å². The van der Waals surface area contributed by atoms with Crippen LogP contribution in [0.4, 0.5) is 11.4 Å². The van der Waals surface area contributed by atoms with Crippen molar-refractivity contribution in [1.82, 2.24) is 4.90 Å². The highest BCUT2D eigenvalue weighted by molar-refractivity contribution is 6.31. The summed E-state index contributed by atoms with van der Waals surface area (Å²) >= 11 is 6.10. The molecule has 5 heteroatoms. The molecule has 1 aromatic carbocycles. The molecule has 0 bridgehead atoms. The molecule has 1 saturated carbocycles. The van der Waals surface area contributed by atoms with E-state index in [1.165, 1.54) is 25.7 Å². The summed E-state index contributed by atoms with van der Waals surface area (Å²) in [7, 11) is 0. The van der Waals surface area contributed by atoms with E-state index in [2.05, 4.69) is 24.1 Å². The highest BCUT2D eigenvalue weighted by Crippen LogP contribution is 2.36. The van der Waals surface area contributed by atoms with Gasteiger partial charge in [-0.15, -0.1) is 0 Å². The third-order valence-corrected chi connectivity index (χ3v) is 6.28. The first-order valence-electron chi connectivity index (χ1n) is 9.68. The molecule has 25 heavy (non-hydrogen) atoms. The van der Waals surface area contributed by atoms with Crippen molar-refractivity contribution in [2.24, 2.45) is 0 Å². The van der Waals surface area contributed by atoms with Crippen LogP contribution in [0.5, 0.6) is 0 Å². The molecule has 0 amide bonds. The zero-order valence-corrected chi connectivity index (χ0v) is 16.3. The van der Waals surface area contributed by atoms with Gasteiger partial charge in [0.25, 0.3) is 0 Å². The third-order valence-electron chi connectivity index (χ3n) is 6.05. The van der Waals surface area contributed by atoms with Crippen LogP contribution in [0.3, 0.4) is 0 Å². The lowest BCUT2D eigenvalue weighted by molar-refractivity contribution is -0.0242. The first-order valence-corrected chi connectivity index (χ1v) is 10.1. The van der Waals surface area contributed by atoms with Crippen molar-refractivity contribution in [2.45, 2.75) is 70.1 Å². The molecule has 0 radical (unpaired) electrons. The summed E-state index contributed by atoms with van der Waals surface area (Å²) in [6.07, 6.45) is 7.66. The molecule has 0 atom stereocenters. The first kappa shape index (κ1) is 18.8. The molecule has 0 aromatic heterocycles. The van der Waals surface area contributed by atoms with E-state index in [9.17, 15) is 0 Å². The Hall–Kier alpha value is -0.970. The van der Waals surface area contributed by atoms with E-state index in [1.54, 1.807) is 0 Å². The van der Waals surface area contributed by atoms with Gasteiger partial charge in [-0.05, 0) is 70.6 Å². The lowest BCUT2D eigenvalue weighted by Gasteiger charge is -2.48. The molecule has 3 N–H and O–H groups in total. The van der Waals surface area contributed by atoms with E-state index < -0.39 is 0 Å². The molecule has 1 aliphatic carbocycles. The number of hydrogen-bond acceptors (Lipinski definition) is 4. The van der Waals surface area contributed by atoms with Gasteiger partial charge in [-0.25, -0.2) is 0 Å². The van der Waals surface area contributed by atoms with Gasteiger partial charge in [0.2, 0.25) is 0 Å². The maximum absolute atomic E-state index is 6.10. The van der Waals surface area contributed by atoms with Crippen molar-refractivity contribution in [3.05, 3.63) is 23.2 Å². The lowest BCUT2D eigenvalue weighted by Crippen LogP contribution is -2.53. The average Bonchev–Trinajstić information content (AvgIpc) is 2.61. The standard InChI is InChI=1S/C20H32ClN3O/c1-3-25-17-6-10-20(2,11-7-17)24-12-8-16(9-13-24)23-19-14-15(21)4-5-18(19)22/h4-5,14,16-17,23H,3,6-13,22H2,1-2H3/t17-,20-. The number of nitrogens with one attached hydrogen (secondary N) is 1. The summed E-state index contributed by atoms with van der Waals surface area (Å²) in [5, 5.41) is 4.32. The minimum Gasteiger partial charge on any atom is -0.397 e. The van der Waals surface area contributed by atoms with Gasteiger partial charge in [0.15, 0.2) is 0 Å². The number of rotatable bonds is 5. The number of hydrogen-bond donors (Lipinski definition) is 2. The number of piperidine rings is 1. The molecule has 3 rings (SSSR count). The van der Waals surface area contributed by atoms with Gasteiger partial charge in [-0.3, -0.25) is 4.90 Å². The largest absolute Gasteiger partial charge is 0.397 e. The minimum absolute atomic E-state index is 0.341. The first-order chi connectivity index (χ1) is 12.0. The third kappa shape index (κ3) is 4.60. The summed E-state index contributed by atoms with van der Waals surface area (Å²) in [6, 6.07) is 6.11. The molecule has 1 aromatic rings.